The van der Waals surface area contributed by atoms with Crippen LogP contribution in [0.3, 0.4) is 0 Å². The summed E-state index contributed by atoms with van der Waals surface area (Å²) in [6.45, 7) is 5.32. The summed E-state index contributed by atoms with van der Waals surface area (Å²) in [5.74, 6) is 0. The summed E-state index contributed by atoms with van der Waals surface area (Å²) in [5, 5.41) is 12.9. The Hall–Kier alpha value is -2.42. The van der Waals surface area contributed by atoms with Gasteiger partial charge >= 0.3 is 0 Å². The van der Waals surface area contributed by atoms with Gasteiger partial charge in [0.2, 0.25) is 0 Å². The number of anilines is 1. The summed E-state index contributed by atoms with van der Waals surface area (Å²) in [4.78, 5) is 0. The third-order valence-electron chi connectivity index (χ3n) is 3.82. The normalized spacial score (nSPS) is 11.5. The Bertz CT molecular complexity index is 730. The molecule has 2 aromatic carbocycles. The molecule has 0 bridgehead atoms. The van der Waals surface area contributed by atoms with Crippen LogP contribution in [0.5, 0.6) is 0 Å². The fourth-order valence-electron chi connectivity index (χ4n) is 2.46. The van der Waals surface area contributed by atoms with Crippen LogP contribution in [0.2, 0.25) is 0 Å². The lowest BCUT2D eigenvalue weighted by Gasteiger charge is -2.26. The first-order chi connectivity index (χ1) is 10.2. The SMILES string of the molecule is CC(C)(CNc1cnnc2ccccc12)c1ccccc1. The molecule has 0 fully saturated rings. The maximum Gasteiger partial charge on any atom is 0.0950 e. The first-order valence-corrected chi connectivity index (χ1v) is 7.17. The number of nitrogens with one attached hydrogen (secondary N) is 1. The zero-order chi connectivity index (χ0) is 14.7. The van der Waals surface area contributed by atoms with Gasteiger partial charge in [-0.1, -0.05) is 62.4 Å². The first kappa shape index (κ1) is 13.6. The number of benzene rings is 2. The first-order valence-electron chi connectivity index (χ1n) is 7.17. The second-order valence-electron chi connectivity index (χ2n) is 5.88. The topological polar surface area (TPSA) is 37.8 Å². The summed E-state index contributed by atoms with van der Waals surface area (Å²) >= 11 is 0. The highest BCUT2D eigenvalue weighted by molar-refractivity contribution is 5.90. The average molecular weight is 277 g/mol. The van der Waals surface area contributed by atoms with Crippen LogP contribution in [0.4, 0.5) is 5.69 Å². The van der Waals surface area contributed by atoms with E-state index in [0.717, 1.165) is 23.1 Å². The van der Waals surface area contributed by atoms with Gasteiger partial charge in [-0.25, -0.2) is 0 Å². The summed E-state index contributed by atoms with van der Waals surface area (Å²) in [6.07, 6.45) is 1.80. The maximum absolute atomic E-state index is 4.15. The molecule has 0 amide bonds. The fraction of sp³-hybridized carbons (Fsp3) is 0.222. The molecule has 3 nitrogen and oxygen atoms in total. The third-order valence-corrected chi connectivity index (χ3v) is 3.82. The number of nitrogens with zero attached hydrogens (tertiary/aromatic N) is 2. The quantitative estimate of drug-likeness (QED) is 0.782. The predicted molar refractivity (Wildman–Crippen MR) is 87.5 cm³/mol. The molecule has 0 saturated heterocycles. The van der Waals surface area contributed by atoms with E-state index in [-0.39, 0.29) is 5.41 Å². The number of rotatable bonds is 4. The van der Waals surface area contributed by atoms with E-state index in [2.05, 4.69) is 59.7 Å². The molecular formula is C18H19N3. The number of hydrogen-bond acceptors (Lipinski definition) is 3. The van der Waals surface area contributed by atoms with Gasteiger partial charge in [-0.15, -0.1) is 0 Å². The second-order valence-corrected chi connectivity index (χ2v) is 5.88. The minimum atomic E-state index is 0.0473. The lowest BCUT2D eigenvalue weighted by Crippen LogP contribution is -2.27. The van der Waals surface area contributed by atoms with Crippen molar-refractivity contribution < 1.29 is 0 Å². The Labute approximate surface area is 125 Å². The van der Waals surface area contributed by atoms with Crippen molar-refractivity contribution in [1.82, 2.24) is 10.2 Å². The predicted octanol–water partition coefficient (Wildman–Crippen LogP) is 4.02. The molecule has 0 aliphatic heterocycles. The van der Waals surface area contributed by atoms with Gasteiger partial charge in [0.25, 0.3) is 0 Å². The van der Waals surface area contributed by atoms with Crippen LogP contribution in [-0.2, 0) is 5.41 Å². The monoisotopic (exact) mass is 277 g/mol. The van der Waals surface area contributed by atoms with Gasteiger partial charge in [0, 0.05) is 17.3 Å². The lowest BCUT2D eigenvalue weighted by atomic mass is 9.84. The molecular weight excluding hydrogens is 258 g/mol. The molecule has 0 aliphatic rings. The van der Waals surface area contributed by atoms with Crippen molar-refractivity contribution in [3.8, 4) is 0 Å². The zero-order valence-corrected chi connectivity index (χ0v) is 12.4. The van der Waals surface area contributed by atoms with Crippen molar-refractivity contribution in [2.45, 2.75) is 19.3 Å². The molecule has 1 aromatic heterocycles. The van der Waals surface area contributed by atoms with Gasteiger partial charge in [-0.3, -0.25) is 0 Å². The van der Waals surface area contributed by atoms with E-state index in [9.17, 15) is 0 Å². The van der Waals surface area contributed by atoms with Crippen LogP contribution in [0, 0.1) is 0 Å². The summed E-state index contributed by atoms with van der Waals surface area (Å²) < 4.78 is 0. The zero-order valence-electron chi connectivity index (χ0n) is 12.4. The van der Waals surface area contributed by atoms with Crippen LogP contribution in [0.15, 0.2) is 60.8 Å². The molecule has 0 spiro atoms. The molecule has 21 heavy (non-hydrogen) atoms. The Kier molecular flexibility index (Phi) is 3.57. The van der Waals surface area contributed by atoms with Crippen LogP contribution in [-0.4, -0.2) is 16.7 Å². The van der Waals surface area contributed by atoms with E-state index >= 15 is 0 Å². The summed E-state index contributed by atoms with van der Waals surface area (Å²) in [5.41, 5.74) is 3.32. The van der Waals surface area contributed by atoms with Crippen LogP contribution >= 0.6 is 0 Å². The highest BCUT2D eigenvalue weighted by Gasteiger charge is 2.20. The summed E-state index contributed by atoms with van der Waals surface area (Å²) in [6, 6.07) is 18.6. The van der Waals surface area contributed by atoms with Crippen molar-refractivity contribution in [2.75, 3.05) is 11.9 Å². The van der Waals surface area contributed by atoms with Crippen LogP contribution < -0.4 is 5.32 Å². The molecule has 1 N–H and O–H groups in total. The van der Waals surface area contributed by atoms with E-state index in [1.54, 1.807) is 6.20 Å². The highest BCUT2D eigenvalue weighted by Crippen LogP contribution is 2.25. The van der Waals surface area contributed by atoms with E-state index < -0.39 is 0 Å². The number of hydrogen-bond donors (Lipinski definition) is 1. The molecule has 3 rings (SSSR count). The Morgan fingerprint density at radius 1 is 0.952 bits per heavy atom. The van der Waals surface area contributed by atoms with E-state index in [1.807, 2.05) is 24.3 Å². The van der Waals surface area contributed by atoms with Gasteiger partial charge in [0.05, 0.1) is 17.4 Å². The van der Waals surface area contributed by atoms with Crippen molar-refractivity contribution in [2.24, 2.45) is 0 Å². The average Bonchev–Trinajstić information content (AvgIpc) is 2.54. The molecule has 0 atom stereocenters. The van der Waals surface area contributed by atoms with Gasteiger partial charge in [0.1, 0.15) is 0 Å². The minimum Gasteiger partial charge on any atom is -0.382 e. The number of aromatic nitrogens is 2. The lowest BCUT2D eigenvalue weighted by molar-refractivity contribution is 0.557. The highest BCUT2D eigenvalue weighted by atomic mass is 15.1. The van der Waals surface area contributed by atoms with Gasteiger partial charge in [-0.05, 0) is 11.6 Å². The van der Waals surface area contributed by atoms with E-state index in [1.165, 1.54) is 5.56 Å². The molecule has 3 heteroatoms. The third kappa shape index (κ3) is 2.87. The standard InChI is InChI=1S/C18H19N3/c1-18(2,14-8-4-3-5-9-14)13-19-17-12-20-21-16-11-7-6-10-15(16)17/h3-12H,13H2,1-2H3,(H,19,21). The maximum atomic E-state index is 4.15. The van der Waals surface area contributed by atoms with E-state index in [0.29, 0.717) is 0 Å². The van der Waals surface area contributed by atoms with E-state index in [4.69, 9.17) is 0 Å². The van der Waals surface area contributed by atoms with Gasteiger partial charge in [0.15, 0.2) is 0 Å². The molecule has 3 aromatic rings. The van der Waals surface area contributed by atoms with Crippen molar-refractivity contribution >= 4 is 16.6 Å². The second kappa shape index (κ2) is 5.52. The Morgan fingerprint density at radius 3 is 2.48 bits per heavy atom. The van der Waals surface area contributed by atoms with Crippen LogP contribution in [0.1, 0.15) is 19.4 Å². The molecule has 1 heterocycles. The fourth-order valence-corrected chi connectivity index (χ4v) is 2.46. The van der Waals surface area contributed by atoms with Crippen molar-refractivity contribution in [1.29, 1.82) is 0 Å². The summed E-state index contributed by atoms with van der Waals surface area (Å²) in [7, 11) is 0. The number of fused-ring (bicyclic) bond motifs is 1. The van der Waals surface area contributed by atoms with Gasteiger partial charge in [-0.2, -0.15) is 10.2 Å². The molecule has 0 radical (unpaired) electrons. The largest absolute Gasteiger partial charge is 0.382 e. The van der Waals surface area contributed by atoms with Gasteiger partial charge < -0.3 is 5.32 Å². The van der Waals surface area contributed by atoms with Crippen LogP contribution in [0.25, 0.3) is 10.9 Å². The Morgan fingerprint density at radius 2 is 1.67 bits per heavy atom. The van der Waals surface area contributed by atoms with Crippen molar-refractivity contribution in [3.63, 3.8) is 0 Å². The smallest absolute Gasteiger partial charge is 0.0950 e. The minimum absolute atomic E-state index is 0.0473. The molecule has 0 saturated carbocycles. The molecule has 0 unspecified atom stereocenters. The molecule has 0 aliphatic carbocycles. The Balaban J connectivity index is 1.84. The van der Waals surface area contributed by atoms with Crippen molar-refractivity contribution in [3.05, 3.63) is 66.4 Å². The molecule has 106 valence electrons.